The van der Waals surface area contributed by atoms with Crippen molar-refractivity contribution < 1.29 is 0 Å². The number of anilines is 1. The normalized spacial score (nSPS) is 21.9. The van der Waals surface area contributed by atoms with Crippen LogP contribution in [0.25, 0.3) is 0 Å². The highest BCUT2D eigenvalue weighted by atomic mass is 15.2. The molecule has 2 heteroatoms. The summed E-state index contributed by atoms with van der Waals surface area (Å²) in [6.07, 6.45) is 1.78. The third-order valence-corrected chi connectivity index (χ3v) is 4.00. The summed E-state index contributed by atoms with van der Waals surface area (Å²) in [6, 6.07) is 8.94. The van der Waals surface area contributed by atoms with Crippen molar-refractivity contribution >= 4 is 5.69 Å². The lowest BCUT2D eigenvalue weighted by atomic mass is 9.94. The fraction of sp³-hybridized carbons (Fsp3) is 0.562. The first-order valence-corrected chi connectivity index (χ1v) is 6.66. The van der Waals surface area contributed by atoms with Gasteiger partial charge in [0.2, 0.25) is 0 Å². The van der Waals surface area contributed by atoms with Crippen molar-refractivity contribution in [3.8, 4) is 6.07 Å². The van der Waals surface area contributed by atoms with Gasteiger partial charge >= 0.3 is 0 Å². The third kappa shape index (κ3) is 2.36. The smallest absolute Gasteiger partial charge is 0.0625 e. The standard InChI is InChI=1S/C16H22N2/c1-12-5-6-13(2)15(9-12)18-11-14(7-8-17)10-16(18,3)4/h5-6,9,14H,7,10-11H2,1-4H3. The molecule has 1 atom stereocenters. The molecule has 1 heterocycles. The molecular formula is C16H22N2. The molecule has 1 saturated heterocycles. The van der Waals surface area contributed by atoms with Gasteiger partial charge in [-0.05, 0) is 57.2 Å². The Bertz CT molecular complexity index is 482. The van der Waals surface area contributed by atoms with Crippen molar-refractivity contribution in [1.82, 2.24) is 0 Å². The minimum Gasteiger partial charge on any atom is -0.366 e. The van der Waals surface area contributed by atoms with Crippen LogP contribution >= 0.6 is 0 Å². The van der Waals surface area contributed by atoms with Gasteiger partial charge in [0.05, 0.1) is 6.07 Å². The van der Waals surface area contributed by atoms with Gasteiger partial charge in [-0.3, -0.25) is 0 Å². The summed E-state index contributed by atoms with van der Waals surface area (Å²) in [6.45, 7) is 9.88. The first-order valence-electron chi connectivity index (χ1n) is 6.66. The predicted molar refractivity (Wildman–Crippen MR) is 75.7 cm³/mol. The van der Waals surface area contributed by atoms with E-state index in [-0.39, 0.29) is 5.54 Å². The Morgan fingerprint density at radius 2 is 2.11 bits per heavy atom. The largest absolute Gasteiger partial charge is 0.366 e. The van der Waals surface area contributed by atoms with E-state index in [4.69, 9.17) is 5.26 Å². The number of rotatable bonds is 2. The van der Waals surface area contributed by atoms with Crippen LogP contribution in [-0.4, -0.2) is 12.1 Å². The molecule has 0 saturated carbocycles. The maximum Gasteiger partial charge on any atom is 0.0625 e. The molecule has 18 heavy (non-hydrogen) atoms. The van der Waals surface area contributed by atoms with E-state index in [9.17, 15) is 0 Å². The van der Waals surface area contributed by atoms with Gasteiger partial charge in [-0.15, -0.1) is 0 Å². The molecule has 1 aromatic rings. The second-order valence-electron chi connectivity index (χ2n) is 6.15. The Hall–Kier alpha value is -1.49. The van der Waals surface area contributed by atoms with Gasteiger partial charge in [0, 0.05) is 24.2 Å². The van der Waals surface area contributed by atoms with Crippen LogP contribution in [0.2, 0.25) is 0 Å². The van der Waals surface area contributed by atoms with E-state index in [2.05, 4.69) is 56.9 Å². The van der Waals surface area contributed by atoms with Crippen molar-refractivity contribution in [1.29, 1.82) is 5.26 Å². The number of aryl methyl sites for hydroxylation is 2. The van der Waals surface area contributed by atoms with Gasteiger partial charge in [0.25, 0.3) is 0 Å². The molecule has 1 aliphatic rings. The van der Waals surface area contributed by atoms with Gasteiger partial charge in [0.15, 0.2) is 0 Å². The van der Waals surface area contributed by atoms with Crippen LogP contribution in [0.1, 0.15) is 37.8 Å². The van der Waals surface area contributed by atoms with Crippen LogP contribution in [0.3, 0.4) is 0 Å². The fourth-order valence-electron chi connectivity index (χ4n) is 3.09. The molecule has 0 radical (unpaired) electrons. The SMILES string of the molecule is Cc1ccc(C)c(N2CC(CC#N)CC2(C)C)c1. The Morgan fingerprint density at radius 1 is 1.39 bits per heavy atom. The van der Waals surface area contributed by atoms with Crippen LogP contribution in [0.15, 0.2) is 18.2 Å². The van der Waals surface area contributed by atoms with Crippen LogP contribution in [0.4, 0.5) is 5.69 Å². The maximum absolute atomic E-state index is 8.88. The second-order valence-corrected chi connectivity index (χ2v) is 6.15. The number of hydrogen-bond acceptors (Lipinski definition) is 2. The average molecular weight is 242 g/mol. The second kappa shape index (κ2) is 4.65. The van der Waals surface area contributed by atoms with E-state index in [1.807, 2.05) is 0 Å². The van der Waals surface area contributed by atoms with E-state index in [1.54, 1.807) is 0 Å². The lowest BCUT2D eigenvalue weighted by Gasteiger charge is -2.35. The number of nitrogens with zero attached hydrogens (tertiary/aromatic N) is 2. The number of nitriles is 1. The molecule has 2 nitrogen and oxygen atoms in total. The summed E-state index contributed by atoms with van der Waals surface area (Å²) < 4.78 is 0. The molecule has 0 spiro atoms. The summed E-state index contributed by atoms with van der Waals surface area (Å²) in [5, 5.41) is 8.88. The first-order chi connectivity index (χ1) is 8.44. The molecule has 0 aromatic heterocycles. The predicted octanol–water partition coefficient (Wildman–Crippen LogP) is 3.82. The molecule has 0 bridgehead atoms. The lowest BCUT2D eigenvalue weighted by Crippen LogP contribution is -2.38. The monoisotopic (exact) mass is 242 g/mol. The highest BCUT2D eigenvalue weighted by molar-refractivity contribution is 5.57. The van der Waals surface area contributed by atoms with Gasteiger partial charge in [-0.25, -0.2) is 0 Å². The highest BCUT2D eigenvalue weighted by Gasteiger charge is 2.38. The Labute approximate surface area is 110 Å². The summed E-state index contributed by atoms with van der Waals surface area (Å²) in [5.74, 6) is 0.505. The molecule has 1 aliphatic heterocycles. The number of benzene rings is 1. The minimum absolute atomic E-state index is 0.153. The Balaban J connectivity index is 2.33. The third-order valence-electron chi connectivity index (χ3n) is 4.00. The van der Waals surface area contributed by atoms with Crippen molar-refractivity contribution in [2.45, 2.75) is 46.1 Å². The fourth-order valence-corrected chi connectivity index (χ4v) is 3.09. The quantitative estimate of drug-likeness (QED) is 0.788. The molecular weight excluding hydrogens is 220 g/mol. The summed E-state index contributed by atoms with van der Waals surface area (Å²) in [7, 11) is 0. The summed E-state index contributed by atoms with van der Waals surface area (Å²) in [5.41, 5.74) is 4.11. The Morgan fingerprint density at radius 3 is 2.78 bits per heavy atom. The van der Waals surface area contributed by atoms with Crippen LogP contribution in [0, 0.1) is 31.1 Å². The van der Waals surface area contributed by atoms with E-state index in [0.717, 1.165) is 13.0 Å². The minimum atomic E-state index is 0.153. The molecule has 96 valence electrons. The van der Waals surface area contributed by atoms with Gasteiger partial charge in [-0.2, -0.15) is 5.26 Å². The zero-order valence-electron chi connectivity index (χ0n) is 11.8. The van der Waals surface area contributed by atoms with Gasteiger partial charge in [-0.1, -0.05) is 12.1 Å². The molecule has 0 aliphatic carbocycles. The maximum atomic E-state index is 8.88. The van der Waals surface area contributed by atoms with Crippen molar-refractivity contribution in [2.75, 3.05) is 11.4 Å². The first kappa shape index (κ1) is 13.0. The van der Waals surface area contributed by atoms with E-state index in [0.29, 0.717) is 12.3 Å². The van der Waals surface area contributed by atoms with E-state index >= 15 is 0 Å². The molecule has 2 rings (SSSR count). The van der Waals surface area contributed by atoms with Gasteiger partial charge < -0.3 is 4.90 Å². The zero-order chi connectivity index (χ0) is 13.3. The molecule has 1 aromatic carbocycles. The topological polar surface area (TPSA) is 27.0 Å². The van der Waals surface area contributed by atoms with E-state index in [1.165, 1.54) is 16.8 Å². The summed E-state index contributed by atoms with van der Waals surface area (Å²) in [4.78, 5) is 2.48. The molecule has 0 N–H and O–H groups in total. The number of hydrogen-bond donors (Lipinski definition) is 0. The molecule has 1 fully saturated rings. The van der Waals surface area contributed by atoms with Crippen molar-refractivity contribution in [2.24, 2.45) is 5.92 Å². The van der Waals surface area contributed by atoms with Gasteiger partial charge in [0.1, 0.15) is 0 Å². The summed E-state index contributed by atoms with van der Waals surface area (Å²) >= 11 is 0. The van der Waals surface area contributed by atoms with Crippen molar-refractivity contribution in [3.05, 3.63) is 29.3 Å². The van der Waals surface area contributed by atoms with Crippen molar-refractivity contribution in [3.63, 3.8) is 0 Å². The molecule has 0 amide bonds. The van der Waals surface area contributed by atoms with Crippen LogP contribution in [-0.2, 0) is 0 Å². The van der Waals surface area contributed by atoms with E-state index < -0.39 is 0 Å². The highest BCUT2D eigenvalue weighted by Crippen LogP contribution is 2.39. The van der Waals surface area contributed by atoms with Crippen LogP contribution < -0.4 is 4.90 Å². The zero-order valence-corrected chi connectivity index (χ0v) is 11.8. The Kier molecular flexibility index (Phi) is 3.34. The average Bonchev–Trinajstić information content (AvgIpc) is 2.57. The molecule has 1 unspecified atom stereocenters. The lowest BCUT2D eigenvalue weighted by molar-refractivity contribution is 0.476. The van der Waals surface area contributed by atoms with Crippen LogP contribution in [0.5, 0.6) is 0 Å².